The lowest BCUT2D eigenvalue weighted by Gasteiger charge is -2.19. The lowest BCUT2D eigenvalue weighted by Crippen LogP contribution is -2.31. The van der Waals surface area contributed by atoms with Gasteiger partial charge in [0, 0.05) is 23.5 Å². The molecule has 1 aliphatic rings. The minimum atomic E-state index is -3.74. The number of rotatable bonds is 4. The largest absolute Gasteiger partial charge is 0.339 e. The first-order chi connectivity index (χ1) is 12.4. The number of amides is 1. The first-order valence-electron chi connectivity index (χ1n) is 8.53. The predicted molar refractivity (Wildman–Crippen MR) is 106 cm³/mol. The molecule has 0 bridgehead atoms. The lowest BCUT2D eigenvalue weighted by molar-refractivity contribution is 0.0762. The number of aryl methyl sites for hydroxylation is 1. The van der Waals surface area contributed by atoms with E-state index in [4.69, 9.17) is 11.6 Å². The Kier molecular flexibility index (Phi) is 5.89. The Labute approximate surface area is 163 Å². The molecule has 1 fully saturated rings. The van der Waals surface area contributed by atoms with Crippen molar-refractivity contribution in [2.45, 2.75) is 36.8 Å². The second-order valence-corrected chi connectivity index (χ2v) is 9.68. The summed E-state index contributed by atoms with van der Waals surface area (Å²) in [4.78, 5) is 14.5. The van der Waals surface area contributed by atoms with Crippen LogP contribution in [0.25, 0.3) is 0 Å². The molecule has 0 saturated carbocycles. The van der Waals surface area contributed by atoms with Gasteiger partial charge in [-0.2, -0.15) is 0 Å². The summed E-state index contributed by atoms with van der Waals surface area (Å²) in [5.41, 5.74) is 1.65. The van der Waals surface area contributed by atoms with Gasteiger partial charge in [-0.3, -0.25) is 9.52 Å². The normalized spacial score (nSPS) is 15.5. The fourth-order valence-electron chi connectivity index (χ4n) is 2.96. The molecule has 2 aromatic rings. The van der Waals surface area contributed by atoms with Gasteiger partial charge in [0.1, 0.15) is 4.21 Å². The lowest BCUT2D eigenvalue weighted by atomic mass is 10.2. The van der Waals surface area contributed by atoms with E-state index in [1.165, 1.54) is 6.07 Å². The van der Waals surface area contributed by atoms with Gasteiger partial charge in [0.25, 0.3) is 15.9 Å². The molecule has 1 N–H and O–H groups in total. The summed E-state index contributed by atoms with van der Waals surface area (Å²) in [6.45, 7) is 3.25. The summed E-state index contributed by atoms with van der Waals surface area (Å²) in [6.07, 6.45) is 4.27. The van der Waals surface area contributed by atoms with E-state index in [1.54, 1.807) is 30.5 Å². The summed E-state index contributed by atoms with van der Waals surface area (Å²) in [7, 11) is -3.74. The highest BCUT2D eigenvalue weighted by Crippen LogP contribution is 2.27. The average molecular weight is 413 g/mol. The zero-order chi connectivity index (χ0) is 18.7. The maximum Gasteiger partial charge on any atom is 0.271 e. The van der Waals surface area contributed by atoms with Crippen LogP contribution in [0.4, 0.5) is 5.69 Å². The van der Waals surface area contributed by atoms with Gasteiger partial charge in [-0.15, -0.1) is 11.3 Å². The molecule has 140 valence electrons. The Hall–Kier alpha value is -1.57. The van der Waals surface area contributed by atoms with Gasteiger partial charge in [0.2, 0.25) is 0 Å². The minimum absolute atomic E-state index is 0.0905. The van der Waals surface area contributed by atoms with Crippen molar-refractivity contribution in [3.8, 4) is 0 Å². The summed E-state index contributed by atoms with van der Waals surface area (Å²) in [6, 6.07) is 6.43. The summed E-state index contributed by atoms with van der Waals surface area (Å²) < 4.78 is 28.0. The molecule has 1 aromatic carbocycles. The van der Waals surface area contributed by atoms with Gasteiger partial charge in [-0.1, -0.05) is 24.4 Å². The molecule has 26 heavy (non-hydrogen) atoms. The van der Waals surface area contributed by atoms with Crippen molar-refractivity contribution in [1.29, 1.82) is 0 Å². The van der Waals surface area contributed by atoms with E-state index < -0.39 is 10.0 Å². The van der Waals surface area contributed by atoms with Crippen molar-refractivity contribution in [2.75, 3.05) is 17.8 Å². The van der Waals surface area contributed by atoms with E-state index in [1.807, 2.05) is 4.90 Å². The van der Waals surface area contributed by atoms with E-state index in [0.29, 0.717) is 16.3 Å². The van der Waals surface area contributed by atoms with Gasteiger partial charge in [-0.25, -0.2) is 8.42 Å². The Morgan fingerprint density at radius 2 is 1.85 bits per heavy atom. The molecule has 0 atom stereocenters. The average Bonchev–Trinajstić information content (AvgIpc) is 2.94. The first kappa shape index (κ1) is 19.2. The molecule has 0 aliphatic carbocycles. The zero-order valence-corrected chi connectivity index (χ0v) is 16.9. The first-order valence-corrected chi connectivity index (χ1v) is 11.3. The minimum Gasteiger partial charge on any atom is -0.339 e. The van der Waals surface area contributed by atoms with Crippen LogP contribution in [-0.2, 0) is 10.0 Å². The number of anilines is 1. The number of hydrogen-bond acceptors (Lipinski definition) is 4. The summed E-state index contributed by atoms with van der Waals surface area (Å²) in [5.74, 6) is -0.0905. The van der Waals surface area contributed by atoms with Crippen molar-refractivity contribution < 1.29 is 13.2 Å². The molecule has 5 nitrogen and oxygen atoms in total. The van der Waals surface area contributed by atoms with Crippen molar-refractivity contribution in [3.05, 3.63) is 45.8 Å². The predicted octanol–water partition coefficient (Wildman–Crippen LogP) is 4.53. The third-order valence-corrected chi connectivity index (χ3v) is 7.45. The SMILES string of the molecule is Cc1cc(Cl)ccc1NS(=O)(=O)c1cc(C(=O)N2CCCCCC2)cs1. The molecular weight excluding hydrogens is 392 g/mol. The molecule has 1 aromatic heterocycles. The number of thiophene rings is 1. The summed E-state index contributed by atoms with van der Waals surface area (Å²) in [5, 5.41) is 2.17. The zero-order valence-electron chi connectivity index (χ0n) is 14.5. The number of carbonyl (C=O) groups excluding carboxylic acids is 1. The van der Waals surface area contributed by atoms with Crippen molar-refractivity contribution >= 4 is 44.6 Å². The number of nitrogens with zero attached hydrogens (tertiary/aromatic N) is 1. The smallest absolute Gasteiger partial charge is 0.271 e. The topological polar surface area (TPSA) is 66.5 Å². The highest BCUT2D eigenvalue weighted by atomic mass is 35.5. The van der Waals surface area contributed by atoms with Crippen LogP contribution in [0, 0.1) is 6.92 Å². The van der Waals surface area contributed by atoms with E-state index in [9.17, 15) is 13.2 Å². The number of hydrogen-bond donors (Lipinski definition) is 1. The van der Waals surface area contributed by atoms with Crippen LogP contribution in [0.1, 0.15) is 41.6 Å². The molecule has 3 rings (SSSR count). The van der Waals surface area contributed by atoms with Crippen LogP contribution < -0.4 is 4.72 Å². The fraction of sp³-hybridized carbons (Fsp3) is 0.389. The molecule has 1 saturated heterocycles. The van der Waals surface area contributed by atoms with Crippen LogP contribution in [0.5, 0.6) is 0 Å². The van der Waals surface area contributed by atoms with Crippen LogP contribution in [0.3, 0.4) is 0 Å². The Bertz CT molecular complexity index is 901. The van der Waals surface area contributed by atoms with Gasteiger partial charge in [0.15, 0.2) is 0 Å². The number of benzene rings is 1. The number of carbonyl (C=O) groups is 1. The molecule has 2 heterocycles. The summed E-state index contributed by atoms with van der Waals surface area (Å²) >= 11 is 6.97. The molecule has 1 amide bonds. The van der Waals surface area contributed by atoms with Crippen LogP contribution >= 0.6 is 22.9 Å². The van der Waals surface area contributed by atoms with Crippen LogP contribution in [0.2, 0.25) is 5.02 Å². The van der Waals surface area contributed by atoms with Crippen LogP contribution in [-0.4, -0.2) is 32.3 Å². The van der Waals surface area contributed by atoms with Gasteiger partial charge in [-0.05, 0) is 49.6 Å². The maximum atomic E-state index is 12.6. The quantitative estimate of drug-likeness (QED) is 0.802. The highest BCUT2D eigenvalue weighted by molar-refractivity contribution is 7.94. The number of halogens is 1. The Balaban J connectivity index is 1.78. The standard InChI is InChI=1S/C18H21ClN2O3S2/c1-13-10-15(19)6-7-16(13)20-26(23,24)17-11-14(12-25-17)18(22)21-8-4-2-3-5-9-21/h6-7,10-12,20H,2-5,8-9H2,1H3. The number of sulfonamides is 1. The van der Waals surface area contributed by atoms with E-state index in [0.717, 1.165) is 55.7 Å². The third-order valence-electron chi connectivity index (χ3n) is 4.41. The van der Waals surface area contributed by atoms with Crippen molar-refractivity contribution in [3.63, 3.8) is 0 Å². The molecule has 1 aliphatic heterocycles. The number of nitrogens with one attached hydrogen (secondary N) is 1. The van der Waals surface area contributed by atoms with E-state index >= 15 is 0 Å². The monoisotopic (exact) mass is 412 g/mol. The molecule has 8 heteroatoms. The van der Waals surface area contributed by atoms with E-state index in [-0.39, 0.29) is 10.1 Å². The van der Waals surface area contributed by atoms with Crippen molar-refractivity contribution in [2.24, 2.45) is 0 Å². The number of likely N-dealkylation sites (tertiary alicyclic amines) is 1. The maximum absolute atomic E-state index is 12.6. The molecule has 0 spiro atoms. The van der Waals surface area contributed by atoms with Gasteiger partial charge >= 0.3 is 0 Å². The third kappa shape index (κ3) is 4.39. The van der Waals surface area contributed by atoms with Gasteiger partial charge in [0.05, 0.1) is 11.3 Å². The van der Waals surface area contributed by atoms with Crippen molar-refractivity contribution in [1.82, 2.24) is 4.90 Å². The van der Waals surface area contributed by atoms with Crippen LogP contribution in [0.15, 0.2) is 33.9 Å². The second kappa shape index (κ2) is 7.98. The molecule has 0 unspecified atom stereocenters. The Morgan fingerprint density at radius 1 is 1.15 bits per heavy atom. The highest BCUT2D eigenvalue weighted by Gasteiger charge is 2.23. The molecule has 0 radical (unpaired) electrons. The van der Waals surface area contributed by atoms with E-state index in [2.05, 4.69) is 4.72 Å². The Morgan fingerprint density at radius 3 is 2.50 bits per heavy atom. The second-order valence-electron chi connectivity index (χ2n) is 6.43. The van der Waals surface area contributed by atoms with Gasteiger partial charge < -0.3 is 4.90 Å². The fourth-order valence-corrected chi connectivity index (χ4v) is 5.47. The molecular formula is C18H21ClN2O3S2.